The molecule has 0 aromatic heterocycles. The van der Waals surface area contributed by atoms with Crippen molar-refractivity contribution in [1.82, 2.24) is 4.90 Å². The first kappa shape index (κ1) is 13.7. The molecule has 0 heterocycles. The molecule has 0 aromatic carbocycles. The van der Waals surface area contributed by atoms with Gasteiger partial charge < -0.3 is 15.4 Å². The van der Waals surface area contributed by atoms with E-state index in [1.807, 2.05) is 19.1 Å². The Bertz CT molecular complexity index is 315. The van der Waals surface area contributed by atoms with Crippen molar-refractivity contribution in [2.45, 2.75) is 25.8 Å². The Labute approximate surface area is 102 Å². The summed E-state index contributed by atoms with van der Waals surface area (Å²) in [6.07, 6.45) is 5.10. The van der Waals surface area contributed by atoms with Gasteiger partial charge >= 0.3 is 5.97 Å². The lowest BCUT2D eigenvalue weighted by atomic mass is 10.1. The maximum Gasteiger partial charge on any atom is 0.325 e. The Hall–Kier alpha value is -1.36. The number of amides is 1. The zero-order valence-electron chi connectivity index (χ0n) is 10.4. The van der Waals surface area contributed by atoms with Crippen molar-refractivity contribution in [2.75, 3.05) is 20.2 Å². The third-order valence-electron chi connectivity index (χ3n) is 2.79. The molecule has 0 radical (unpaired) electrons. The summed E-state index contributed by atoms with van der Waals surface area (Å²) in [7, 11) is 1.32. The van der Waals surface area contributed by atoms with Gasteiger partial charge in [-0.3, -0.25) is 9.59 Å². The van der Waals surface area contributed by atoms with Crippen molar-refractivity contribution < 1.29 is 14.3 Å². The van der Waals surface area contributed by atoms with E-state index < -0.39 is 5.97 Å². The molecular formula is C12H20N2O3. The summed E-state index contributed by atoms with van der Waals surface area (Å²) in [6, 6.07) is -0.0504. The molecule has 1 aliphatic rings. The van der Waals surface area contributed by atoms with E-state index in [9.17, 15) is 9.59 Å². The third kappa shape index (κ3) is 3.85. The van der Waals surface area contributed by atoms with Gasteiger partial charge in [0.2, 0.25) is 5.91 Å². The molecule has 5 nitrogen and oxygen atoms in total. The summed E-state index contributed by atoms with van der Waals surface area (Å²) in [4.78, 5) is 24.9. The van der Waals surface area contributed by atoms with Crippen molar-refractivity contribution in [3.63, 3.8) is 0 Å². The Morgan fingerprint density at radius 1 is 1.47 bits per heavy atom. The number of hydrogen-bond acceptors (Lipinski definition) is 4. The van der Waals surface area contributed by atoms with E-state index in [0.29, 0.717) is 13.0 Å². The van der Waals surface area contributed by atoms with Gasteiger partial charge in [0.25, 0.3) is 0 Å². The van der Waals surface area contributed by atoms with E-state index in [1.54, 1.807) is 4.90 Å². The van der Waals surface area contributed by atoms with Gasteiger partial charge in [0, 0.05) is 12.6 Å². The summed E-state index contributed by atoms with van der Waals surface area (Å²) < 4.78 is 4.59. The molecule has 0 saturated heterocycles. The normalized spacial score (nSPS) is 22.5. The Balaban J connectivity index is 2.60. The van der Waals surface area contributed by atoms with Crippen LogP contribution in [0, 0.1) is 5.92 Å². The molecule has 96 valence electrons. The number of rotatable bonds is 5. The molecule has 1 aliphatic carbocycles. The van der Waals surface area contributed by atoms with Crippen LogP contribution in [-0.2, 0) is 14.3 Å². The molecule has 5 heteroatoms. The van der Waals surface area contributed by atoms with Crippen LogP contribution in [0.2, 0.25) is 0 Å². The Morgan fingerprint density at radius 2 is 2.18 bits per heavy atom. The number of nitrogens with zero attached hydrogens (tertiary/aromatic N) is 1. The minimum Gasteiger partial charge on any atom is -0.468 e. The number of ether oxygens (including phenoxy) is 1. The van der Waals surface area contributed by atoms with Gasteiger partial charge in [-0.2, -0.15) is 0 Å². The second-order valence-electron chi connectivity index (χ2n) is 4.23. The minimum absolute atomic E-state index is 0.0166. The average Bonchev–Trinajstić information content (AvgIpc) is 2.74. The highest BCUT2D eigenvalue weighted by Crippen LogP contribution is 2.19. The second kappa shape index (κ2) is 6.39. The first-order chi connectivity index (χ1) is 8.08. The van der Waals surface area contributed by atoms with Crippen molar-refractivity contribution in [2.24, 2.45) is 11.7 Å². The van der Waals surface area contributed by atoms with Crippen LogP contribution in [0.3, 0.4) is 0 Å². The van der Waals surface area contributed by atoms with Crippen LogP contribution in [0.15, 0.2) is 12.2 Å². The van der Waals surface area contributed by atoms with Crippen molar-refractivity contribution in [1.29, 1.82) is 0 Å². The number of carbonyl (C=O) groups excluding carboxylic acids is 2. The monoisotopic (exact) mass is 240 g/mol. The molecule has 2 N–H and O–H groups in total. The maximum atomic E-state index is 12.1. The van der Waals surface area contributed by atoms with Crippen LogP contribution in [-0.4, -0.2) is 43.0 Å². The zero-order chi connectivity index (χ0) is 12.8. The molecular weight excluding hydrogens is 220 g/mol. The number of esters is 1. The molecule has 1 amide bonds. The lowest BCUT2D eigenvalue weighted by Crippen LogP contribution is -2.40. The minimum atomic E-state index is -0.391. The molecule has 0 aromatic rings. The molecule has 2 atom stereocenters. The van der Waals surface area contributed by atoms with Crippen molar-refractivity contribution >= 4 is 11.9 Å². The van der Waals surface area contributed by atoms with Crippen LogP contribution in [0.25, 0.3) is 0 Å². The Morgan fingerprint density at radius 3 is 2.65 bits per heavy atom. The molecule has 17 heavy (non-hydrogen) atoms. The molecule has 0 bridgehead atoms. The fourth-order valence-corrected chi connectivity index (χ4v) is 1.90. The standard InChI is InChI=1S/C12H20N2O3/c1-3-6-14(8-11(15)17-2)12(16)9-4-5-10(13)7-9/h4-5,9-10H,3,6-8,13H2,1-2H3. The SMILES string of the molecule is CCCN(CC(=O)OC)C(=O)C1C=CC(N)C1. The fraction of sp³-hybridized carbons (Fsp3) is 0.667. The Kier molecular flexibility index (Phi) is 5.15. The maximum absolute atomic E-state index is 12.1. The zero-order valence-corrected chi connectivity index (χ0v) is 10.4. The van der Waals surface area contributed by atoms with Gasteiger partial charge in [0.1, 0.15) is 6.54 Å². The highest BCUT2D eigenvalue weighted by molar-refractivity contribution is 5.85. The quantitative estimate of drug-likeness (QED) is 0.554. The second-order valence-corrected chi connectivity index (χ2v) is 4.23. The lowest BCUT2D eigenvalue weighted by molar-refractivity contribution is -0.148. The van der Waals surface area contributed by atoms with Gasteiger partial charge in [-0.1, -0.05) is 19.1 Å². The average molecular weight is 240 g/mol. The highest BCUT2D eigenvalue weighted by Gasteiger charge is 2.27. The predicted molar refractivity (Wildman–Crippen MR) is 64.1 cm³/mol. The number of nitrogens with two attached hydrogens (primary N) is 1. The third-order valence-corrected chi connectivity index (χ3v) is 2.79. The van der Waals surface area contributed by atoms with Crippen molar-refractivity contribution in [3.05, 3.63) is 12.2 Å². The number of methoxy groups -OCH3 is 1. The van der Waals surface area contributed by atoms with E-state index in [1.165, 1.54) is 7.11 Å². The number of hydrogen-bond donors (Lipinski definition) is 1. The molecule has 2 unspecified atom stereocenters. The van der Waals surface area contributed by atoms with Crippen LogP contribution >= 0.6 is 0 Å². The van der Waals surface area contributed by atoms with Crippen LogP contribution in [0.5, 0.6) is 0 Å². The molecule has 0 fully saturated rings. The summed E-state index contributed by atoms with van der Waals surface area (Å²) in [5, 5.41) is 0. The van der Waals surface area contributed by atoms with Gasteiger partial charge in [0.05, 0.1) is 13.0 Å². The largest absolute Gasteiger partial charge is 0.468 e. The molecule has 1 rings (SSSR count). The lowest BCUT2D eigenvalue weighted by Gasteiger charge is -2.23. The first-order valence-electron chi connectivity index (χ1n) is 5.88. The van der Waals surface area contributed by atoms with Gasteiger partial charge in [-0.05, 0) is 12.8 Å². The molecule has 0 saturated carbocycles. The van der Waals surface area contributed by atoms with E-state index in [2.05, 4.69) is 4.74 Å². The van der Waals surface area contributed by atoms with Gasteiger partial charge in [-0.15, -0.1) is 0 Å². The molecule has 0 spiro atoms. The molecule has 0 aliphatic heterocycles. The van der Waals surface area contributed by atoms with E-state index in [0.717, 1.165) is 6.42 Å². The first-order valence-corrected chi connectivity index (χ1v) is 5.88. The fourth-order valence-electron chi connectivity index (χ4n) is 1.90. The topological polar surface area (TPSA) is 72.6 Å². The van der Waals surface area contributed by atoms with Crippen LogP contribution < -0.4 is 5.73 Å². The number of carbonyl (C=O) groups is 2. The van der Waals surface area contributed by atoms with Crippen molar-refractivity contribution in [3.8, 4) is 0 Å². The summed E-state index contributed by atoms with van der Waals surface area (Å²) >= 11 is 0. The van der Waals surface area contributed by atoms with E-state index in [4.69, 9.17) is 5.73 Å². The summed E-state index contributed by atoms with van der Waals surface area (Å²) in [6.45, 7) is 2.55. The van der Waals surface area contributed by atoms with Gasteiger partial charge in [0.15, 0.2) is 0 Å². The highest BCUT2D eigenvalue weighted by atomic mass is 16.5. The smallest absolute Gasteiger partial charge is 0.325 e. The summed E-state index contributed by atoms with van der Waals surface area (Å²) in [5.74, 6) is -0.624. The summed E-state index contributed by atoms with van der Waals surface area (Å²) in [5.41, 5.74) is 5.72. The van der Waals surface area contributed by atoms with Crippen LogP contribution in [0.1, 0.15) is 19.8 Å². The van der Waals surface area contributed by atoms with E-state index >= 15 is 0 Å². The van der Waals surface area contributed by atoms with E-state index in [-0.39, 0.29) is 24.4 Å². The van der Waals surface area contributed by atoms with Crippen LogP contribution in [0.4, 0.5) is 0 Å². The van der Waals surface area contributed by atoms with Gasteiger partial charge in [-0.25, -0.2) is 0 Å². The predicted octanol–water partition coefficient (Wildman–Crippen LogP) is 0.301.